The van der Waals surface area contributed by atoms with Crippen molar-refractivity contribution in [3.8, 4) is 0 Å². The molecule has 2 aliphatic carbocycles. The normalized spacial score (nSPS) is 33.7. The zero-order valence-corrected chi connectivity index (χ0v) is 7.52. The van der Waals surface area contributed by atoms with Crippen molar-refractivity contribution in [3.05, 3.63) is 11.4 Å². The van der Waals surface area contributed by atoms with E-state index in [1.807, 2.05) is 0 Å². The highest BCUT2D eigenvalue weighted by atomic mass is 19.3. The fourth-order valence-corrected chi connectivity index (χ4v) is 1.81. The van der Waals surface area contributed by atoms with Crippen LogP contribution < -0.4 is 0 Å². The number of esters is 1. The maximum atomic E-state index is 12.8. The van der Waals surface area contributed by atoms with E-state index in [2.05, 4.69) is 4.74 Å². The molecule has 78 valence electrons. The molecule has 0 amide bonds. The van der Waals surface area contributed by atoms with Gasteiger partial charge in [-0.2, -0.15) is 8.78 Å². The lowest BCUT2D eigenvalue weighted by Gasteiger charge is -2.27. The van der Waals surface area contributed by atoms with Gasteiger partial charge in [0.2, 0.25) is 0 Å². The van der Waals surface area contributed by atoms with Crippen LogP contribution in [-0.2, 0) is 9.53 Å². The minimum atomic E-state index is -3.29. The van der Waals surface area contributed by atoms with Crippen LogP contribution in [0.4, 0.5) is 13.2 Å². The number of halogens is 3. The standard InChI is InChI=1S/C9H9F3O2/c1-14-8(13)5-2-4(5)6-3-9(11,12)7(6)10/h4-5H,2-3H2,1H3. The first-order valence-corrected chi connectivity index (χ1v) is 4.32. The van der Waals surface area contributed by atoms with Gasteiger partial charge in [0.15, 0.2) is 5.83 Å². The first kappa shape index (κ1) is 9.55. The predicted molar refractivity (Wildman–Crippen MR) is 41.3 cm³/mol. The molecule has 2 atom stereocenters. The van der Waals surface area contributed by atoms with Gasteiger partial charge >= 0.3 is 11.9 Å². The lowest BCUT2D eigenvalue weighted by atomic mass is 9.88. The van der Waals surface area contributed by atoms with Crippen LogP contribution >= 0.6 is 0 Å². The molecule has 5 heteroatoms. The Labute approximate surface area is 78.7 Å². The number of allylic oxidation sites excluding steroid dienone is 2. The van der Waals surface area contributed by atoms with Gasteiger partial charge in [-0.25, -0.2) is 4.39 Å². The molecule has 0 spiro atoms. The summed E-state index contributed by atoms with van der Waals surface area (Å²) in [6, 6.07) is 0. The molecule has 2 aliphatic rings. The molecule has 2 unspecified atom stereocenters. The highest BCUT2D eigenvalue weighted by molar-refractivity contribution is 5.76. The first-order valence-electron chi connectivity index (χ1n) is 4.32. The molecule has 0 N–H and O–H groups in total. The van der Waals surface area contributed by atoms with E-state index in [9.17, 15) is 18.0 Å². The molecule has 0 saturated heterocycles. The van der Waals surface area contributed by atoms with Crippen molar-refractivity contribution < 1.29 is 22.7 Å². The Morgan fingerprint density at radius 1 is 1.57 bits per heavy atom. The third kappa shape index (κ3) is 1.22. The second-order valence-electron chi connectivity index (χ2n) is 3.69. The molecule has 0 radical (unpaired) electrons. The first-order chi connectivity index (χ1) is 6.47. The summed E-state index contributed by atoms with van der Waals surface area (Å²) in [6.07, 6.45) is -0.109. The number of methoxy groups -OCH3 is 1. The molecule has 0 aromatic rings. The molecule has 1 fully saturated rings. The fourth-order valence-electron chi connectivity index (χ4n) is 1.81. The Kier molecular flexibility index (Phi) is 1.87. The molecule has 0 heterocycles. The molecule has 0 aliphatic heterocycles. The van der Waals surface area contributed by atoms with Gasteiger partial charge in [0.25, 0.3) is 0 Å². The molecule has 2 nitrogen and oxygen atoms in total. The Hall–Kier alpha value is -1.00. The monoisotopic (exact) mass is 206 g/mol. The van der Waals surface area contributed by atoms with E-state index >= 15 is 0 Å². The quantitative estimate of drug-likeness (QED) is 0.646. The fraction of sp³-hybridized carbons (Fsp3) is 0.667. The van der Waals surface area contributed by atoms with Gasteiger partial charge < -0.3 is 4.74 Å². The summed E-state index contributed by atoms with van der Waals surface area (Å²) in [5.74, 6) is -5.82. The molecule has 0 aromatic carbocycles. The van der Waals surface area contributed by atoms with Crippen LogP contribution in [0.1, 0.15) is 12.8 Å². The van der Waals surface area contributed by atoms with Gasteiger partial charge in [-0.1, -0.05) is 0 Å². The van der Waals surface area contributed by atoms with Crippen LogP contribution in [0.5, 0.6) is 0 Å². The van der Waals surface area contributed by atoms with Crippen LogP contribution in [0.3, 0.4) is 0 Å². The van der Waals surface area contributed by atoms with Crippen molar-refractivity contribution >= 4 is 5.97 Å². The van der Waals surface area contributed by atoms with Crippen LogP contribution in [0.2, 0.25) is 0 Å². The summed E-state index contributed by atoms with van der Waals surface area (Å²) in [5, 5.41) is 0. The summed E-state index contributed by atoms with van der Waals surface area (Å²) >= 11 is 0. The molecule has 0 aromatic heterocycles. The molecular formula is C9H9F3O2. The van der Waals surface area contributed by atoms with Crippen molar-refractivity contribution in [2.75, 3.05) is 7.11 Å². The topological polar surface area (TPSA) is 26.3 Å². The maximum Gasteiger partial charge on any atom is 0.309 e. The SMILES string of the molecule is COC(=O)C1CC1C1=C(F)C(F)(F)C1. The smallest absolute Gasteiger partial charge is 0.309 e. The summed E-state index contributed by atoms with van der Waals surface area (Å²) in [6.45, 7) is 0. The largest absolute Gasteiger partial charge is 0.469 e. The van der Waals surface area contributed by atoms with Gasteiger partial charge in [0.05, 0.1) is 13.0 Å². The predicted octanol–water partition coefficient (Wildman–Crippen LogP) is 2.06. The Morgan fingerprint density at radius 2 is 2.21 bits per heavy atom. The second-order valence-corrected chi connectivity index (χ2v) is 3.69. The lowest BCUT2D eigenvalue weighted by Crippen LogP contribution is -2.30. The van der Waals surface area contributed by atoms with Gasteiger partial charge in [-0.05, 0) is 17.9 Å². The van der Waals surface area contributed by atoms with Crippen molar-refractivity contribution in [1.29, 1.82) is 0 Å². The highest BCUT2D eigenvalue weighted by Crippen LogP contribution is 2.56. The number of hydrogen-bond donors (Lipinski definition) is 0. The summed E-state index contributed by atoms with van der Waals surface area (Å²) < 4.78 is 42.1. The minimum Gasteiger partial charge on any atom is -0.469 e. The molecule has 0 bridgehead atoms. The van der Waals surface area contributed by atoms with Gasteiger partial charge in [0, 0.05) is 6.42 Å². The van der Waals surface area contributed by atoms with Gasteiger partial charge in [-0.3, -0.25) is 4.79 Å². The van der Waals surface area contributed by atoms with Crippen LogP contribution in [0, 0.1) is 11.8 Å². The average molecular weight is 206 g/mol. The molecular weight excluding hydrogens is 197 g/mol. The van der Waals surface area contributed by atoms with Crippen molar-refractivity contribution in [3.63, 3.8) is 0 Å². The molecule has 14 heavy (non-hydrogen) atoms. The number of rotatable bonds is 2. The van der Waals surface area contributed by atoms with Gasteiger partial charge in [0.1, 0.15) is 0 Å². The Bertz CT molecular complexity index is 322. The van der Waals surface area contributed by atoms with E-state index < -0.39 is 30.1 Å². The van der Waals surface area contributed by atoms with Crippen LogP contribution in [0.15, 0.2) is 11.4 Å². The van der Waals surface area contributed by atoms with E-state index in [0.717, 1.165) is 0 Å². The zero-order valence-electron chi connectivity index (χ0n) is 7.52. The molecule has 2 rings (SSSR count). The maximum absolute atomic E-state index is 12.8. The summed E-state index contributed by atoms with van der Waals surface area (Å²) in [4.78, 5) is 10.9. The Balaban J connectivity index is 2.03. The molecule has 1 saturated carbocycles. The minimum absolute atomic E-state index is 0.102. The summed E-state index contributed by atoms with van der Waals surface area (Å²) in [5.41, 5.74) is 0.102. The van der Waals surface area contributed by atoms with E-state index in [0.29, 0.717) is 6.42 Å². The van der Waals surface area contributed by atoms with Crippen molar-refractivity contribution in [1.82, 2.24) is 0 Å². The van der Waals surface area contributed by atoms with Crippen LogP contribution in [0.25, 0.3) is 0 Å². The Morgan fingerprint density at radius 3 is 2.64 bits per heavy atom. The van der Waals surface area contributed by atoms with Crippen LogP contribution in [-0.4, -0.2) is 19.0 Å². The third-order valence-electron chi connectivity index (χ3n) is 2.76. The van der Waals surface area contributed by atoms with E-state index in [-0.39, 0.29) is 11.5 Å². The van der Waals surface area contributed by atoms with Crippen molar-refractivity contribution in [2.24, 2.45) is 11.8 Å². The van der Waals surface area contributed by atoms with E-state index in [1.165, 1.54) is 7.11 Å². The third-order valence-corrected chi connectivity index (χ3v) is 2.76. The lowest BCUT2D eigenvalue weighted by molar-refractivity contribution is -0.142. The second kappa shape index (κ2) is 2.74. The number of carbonyl (C=O) groups is 1. The number of carbonyl (C=O) groups excluding carboxylic acids is 1. The summed E-state index contributed by atoms with van der Waals surface area (Å²) in [7, 11) is 1.23. The number of ether oxygens (including phenoxy) is 1. The number of hydrogen-bond acceptors (Lipinski definition) is 2. The van der Waals surface area contributed by atoms with E-state index in [1.54, 1.807) is 0 Å². The average Bonchev–Trinajstić information content (AvgIpc) is 2.92. The zero-order chi connectivity index (χ0) is 10.5. The van der Waals surface area contributed by atoms with Crippen molar-refractivity contribution in [2.45, 2.75) is 18.8 Å². The van der Waals surface area contributed by atoms with Gasteiger partial charge in [-0.15, -0.1) is 0 Å². The highest BCUT2D eigenvalue weighted by Gasteiger charge is 2.57. The number of alkyl halides is 2. The van der Waals surface area contributed by atoms with E-state index in [4.69, 9.17) is 0 Å².